The van der Waals surface area contributed by atoms with Crippen LogP contribution in [0.3, 0.4) is 0 Å². The van der Waals surface area contributed by atoms with Gasteiger partial charge in [-0.3, -0.25) is 4.79 Å². The third-order valence-electron chi connectivity index (χ3n) is 1.11. The monoisotopic (exact) mass is 160 g/mol. The fourth-order valence-electron chi connectivity index (χ4n) is 0.461. The molecule has 5 heteroatoms. The largest absolute Gasteiger partial charge is 0.394 e. The molecule has 0 bridgehead atoms. The minimum atomic E-state index is -1.66. The van der Waals surface area contributed by atoms with Crippen LogP contribution in [0.4, 0.5) is 0 Å². The Balaban J connectivity index is 4.32. The maximum atomic E-state index is 9.95. The number of aliphatic hydroxyl groups excluding tert-OH is 3. The molecule has 0 aromatic heterocycles. The molecule has 62 valence electrons. The zero-order valence-corrected chi connectivity index (χ0v) is 5.60. The minimum absolute atomic E-state index is 0.0799. The predicted molar refractivity (Wildman–Crippen MR) is 34.4 cm³/mol. The summed E-state index contributed by atoms with van der Waals surface area (Å²) in [5, 5.41) is 25.8. The molecule has 0 heterocycles. The van der Waals surface area contributed by atoms with Crippen molar-refractivity contribution in [2.45, 2.75) is 12.2 Å². The highest BCUT2D eigenvalue weighted by Gasteiger charge is 2.20. The van der Waals surface area contributed by atoms with Gasteiger partial charge in [0.15, 0.2) is 6.29 Å². The van der Waals surface area contributed by atoms with Crippen LogP contribution >= 0.6 is 0 Å². The molecule has 0 saturated heterocycles. The standard InChI is InChI=1S/C6H8O5/c7-1-4(2-8)6(11)5(10)3-9/h1,5-6,9-11H,3H2/t5-,6+/m1/s1. The molecule has 0 aliphatic carbocycles. The molecule has 0 aromatic rings. The molecule has 0 saturated carbocycles. The Kier molecular flexibility index (Phi) is 4.33. The van der Waals surface area contributed by atoms with Crippen molar-refractivity contribution in [3.8, 4) is 0 Å². The van der Waals surface area contributed by atoms with Crippen LogP contribution in [0.5, 0.6) is 0 Å². The van der Waals surface area contributed by atoms with Gasteiger partial charge in [0.25, 0.3) is 0 Å². The lowest BCUT2D eigenvalue weighted by atomic mass is 10.1. The summed E-state index contributed by atoms with van der Waals surface area (Å²) in [6, 6.07) is 0. The van der Waals surface area contributed by atoms with Crippen LogP contribution in [-0.4, -0.2) is 46.4 Å². The van der Waals surface area contributed by atoms with Crippen LogP contribution in [0.2, 0.25) is 0 Å². The second kappa shape index (κ2) is 4.76. The first-order valence-corrected chi connectivity index (χ1v) is 2.84. The van der Waals surface area contributed by atoms with E-state index in [1.807, 2.05) is 0 Å². The van der Waals surface area contributed by atoms with E-state index in [1.165, 1.54) is 0 Å². The summed E-state index contributed by atoms with van der Waals surface area (Å²) in [5.41, 5.74) is -0.605. The lowest BCUT2D eigenvalue weighted by Crippen LogP contribution is -2.31. The first-order chi connectivity index (χ1) is 5.17. The summed E-state index contributed by atoms with van der Waals surface area (Å²) >= 11 is 0. The molecule has 0 radical (unpaired) electrons. The summed E-state index contributed by atoms with van der Waals surface area (Å²) in [6.07, 6.45) is -3.09. The van der Waals surface area contributed by atoms with E-state index in [-0.39, 0.29) is 6.29 Å². The predicted octanol–water partition coefficient (Wildman–Crippen LogP) is -2.34. The SMILES string of the molecule is O=C=C(C=O)[C@H](O)[C@H](O)CO. The Labute approximate surface area is 62.6 Å². The molecule has 0 aliphatic rings. The van der Waals surface area contributed by atoms with Crippen molar-refractivity contribution in [3.05, 3.63) is 5.57 Å². The van der Waals surface area contributed by atoms with Crippen LogP contribution in [0.25, 0.3) is 0 Å². The first kappa shape index (κ1) is 10.0. The van der Waals surface area contributed by atoms with Gasteiger partial charge in [0, 0.05) is 0 Å². The molecule has 3 N–H and O–H groups in total. The zero-order valence-electron chi connectivity index (χ0n) is 5.60. The average Bonchev–Trinajstić information content (AvgIpc) is 2.05. The second-order valence-electron chi connectivity index (χ2n) is 1.87. The Morgan fingerprint density at radius 1 is 1.55 bits per heavy atom. The molecule has 11 heavy (non-hydrogen) atoms. The number of carbonyl (C=O) groups excluding carboxylic acids is 2. The topological polar surface area (TPSA) is 94.8 Å². The Morgan fingerprint density at radius 2 is 2.09 bits per heavy atom. The van der Waals surface area contributed by atoms with Crippen LogP contribution in [0.1, 0.15) is 0 Å². The van der Waals surface area contributed by atoms with Gasteiger partial charge in [-0.05, 0) is 0 Å². The van der Waals surface area contributed by atoms with Crippen molar-refractivity contribution in [2.75, 3.05) is 6.61 Å². The molecule has 0 fully saturated rings. The molecule has 0 rings (SSSR count). The van der Waals surface area contributed by atoms with Crippen molar-refractivity contribution in [3.63, 3.8) is 0 Å². The molecule has 0 spiro atoms. The first-order valence-electron chi connectivity index (χ1n) is 2.84. The summed E-state index contributed by atoms with van der Waals surface area (Å²) < 4.78 is 0. The number of rotatable bonds is 4. The highest BCUT2D eigenvalue weighted by molar-refractivity contribution is 5.86. The van der Waals surface area contributed by atoms with Gasteiger partial charge in [-0.15, -0.1) is 0 Å². The van der Waals surface area contributed by atoms with Crippen molar-refractivity contribution in [2.24, 2.45) is 0 Å². The number of hydrogen-bond acceptors (Lipinski definition) is 5. The number of hydrogen-bond donors (Lipinski definition) is 3. The summed E-state index contributed by atoms with van der Waals surface area (Å²) in [5.74, 6) is 1.14. The maximum Gasteiger partial charge on any atom is 0.159 e. The van der Waals surface area contributed by atoms with E-state index in [4.69, 9.17) is 15.3 Å². The lowest BCUT2D eigenvalue weighted by molar-refractivity contribution is -0.106. The number of aldehydes is 1. The van der Waals surface area contributed by atoms with Gasteiger partial charge in [0.2, 0.25) is 0 Å². The number of carbonyl (C=O) groups is 1. The van der Waals surface area contributed by atoms with E-state index in [0.717, 1.165) is 5.94 Å². The molecule has 0 aliphatic heterocycles. The van der Waals surface area contributed by atoms with E-state index < -0.39 is 24.4 Å². The highest BCUT2D eigenvalue weighted by Crippen LogP contribution is 1.99. The Hall–Kier alpha value is -1.00. The van der Waals surface area contributed by atoms with Gasteiger partial charge in [-0.25, -0.2) is 4.79 Å². The maximum absolute atomic E-state index is 9.95. The van der Waals surface area contributed by atoms with Crippen LogP contribution in [-0.2, 0) is 9.59 Å². The van der Waals surface area contributed by atoms with E-state index in [0.29, 0.717) is 0 Å². The molecular weight excluding hydrogens is 152 g/mol. The molecule has 2 atom stereocenters. The number of aliphatic hydroxyl groups is 3. The Morgan fingerprint density at radius 3 is 2.36 bits per heavy atom. The van der Waals surface area contributed by atoms with Gasteiger partial charge < -0.3 is 15.3 Å². The van der Waals surface area contributed by atoms with E-state index >= 15 is 0 Å². The smallest absolute Gasteiger partial charge is 0.159 e. The molecule has 0 unspecified atom stereocenters. The molecule has 5 nitrogen and oxygen atoms in total. The van der Waals surface area contributed by atoms with Crippen molar-refractivity contribution in [1.82, 2.24) is 0 Å². The fourth-order valence-corrected chi connectivity index (χ4v) is 0.461. The van der Waals surface area contributed by atoms with Crippen molar-refractivity contribution < 1.29 is 24.9 Å². The Bertz CT molecular complexity index is 181. The normalized spacial score (nSPS) is 14.8. The van der Waals surface area contributed by atoms with Gasteiger partial charge in [0.1, 0.15) is 23.7 Å². The van der Waals surface area contributed by atoms with E-state index in [9.17, 15) is 9.59 Å². The minimum Gasteiger partial charge on any atom is -0.394 e. The molecular formula is C6H8O5. The van der Waals surface area contributed by atoms with Gasteiger partial charge in [-0.2, -0.15) is 0 Å². The zero-order chi connectivity index (χ0) is 8.85. The summed E-state index contributed by atoms with van der Waals surface area (Å²) in [6.45, 7) is -0.722. The lowest BCUT2D eigenvalue weighted by Gasteiger charge is -2.11. The van der Waals surface area contributed by atoms with E-state index in [1.54, 1.807) is 0 Å². The van der Waals surface area contributed by atoms with Crippen molar-refractivity contribution in [1.29, 1.82) is 0 Å². The van der Waals surface area contributed by atoms with Crippen LogP contribution < -0.4 is 0 Å². The van der Waals surface area contributed by atoms with Gasteiger partial charge in [-0.1, -0.05) is 0 Å². The highest BCUT2D eigenvalue weighted by atomic mass is 16.4. The van der Waals surface area contributed by atoms with Gasteiger partial charge >= 0.3 is 0 Å². The van der Waals surface area contributed by atoms with Crippen LogP contribution in [0, 0.1) is 0 Å². The second-order valence-corrected chi connectivity index (χ2v) is 1.87. The van der Waals surface area contributed by atoms with Crippen LogP contribution in [0.15, 0.2) is 5.57 Å². The van der Waals surface area contributed by atoms with Gasteiger partial charge in [0.05, 0.1) is 6.61 Å². The molecule has 0 aromatic carbocycles. The molecule has 0 amide bonds. The van der Waals surface area contributed by atoms with Crippen molar-refractivity contribution >= 4 is 12.2 Å². The summed E-state index contributed by atoms with van der Waals surface area (Å²) in [4.78, 5) is 19.8. The third-order valence-corrected chi connectivity index (χ3v) is 1.11. The quantitative estimate of drug-likeness (QED) is 0.243. The average molecular weight is 160 g/mol. The van der Waals surface area contributed by atoms with E-state index in [2.05, 4.69) is 0 Å². The third kappa shape index (κ3) is 2.61. The summed E-state index contributed by atoms with van der Waals surface area (Å²) in [7, 11) is 0. The fraction of sp³-hybridized carbons (Fsp3) is 0.500.